The van der Waals surface area contributed by atoms with Crippen LogP contribution in [0.2, 0.25) is 5.15 Å². The maximum absolute atomic E-state index is 13.0. The van der Waals surface area contributed by atoms with E-state index in [1.807, 2.05) is 29.3 Å². The first kappa shape index (κ1) is 23.4. The van der Waals surface area contributed by atoms with Crippen molar-refractivity contribution in [3.8, 4) is 0 Å². The van der Waals surface area contributed by atoms with E-state index in [4.69, 9.17) is 11.6 Å². The third kappa shape index (κ3) is 6.21. The lowest BCUT2D eigenvalue weighted by Crippen LogP contribution is -2.49. The number of hydrogen-bond acceptors (Lipinski definition) is 6. The Morgan fingerprint density at radius 2 is 1.85 bits per heavy atom. The number of anilines is 1. The average Bonchev–Trinajstić information content (AvgIpc) is 2.83. The van der Waals surface area contributed by atoms with Crippen molar-refractivity contribution < 1.29 is 14.7 Å². The number of nitrogens with zero attached hydrogens (tertiary/aromatic N) is 5. The first-order valence-corrected chi connectivity index (χ1v) is 11.9. The maximum Gasteiger partial charge on any atom is 0.303 e. The Labute approximate surface area is 199 Å². The van der Waals surface area contributed by atoms with E-state index in [1.165, 1.54) is 6.20 Å². The second-order valence-corrected chi connectivity index (χ2v) is 9.22. The number of halogens is 1. The van der Waals surface area contributed by atoms with Crippen molar-refractivity contribution in [3.63, 3.8) is 0 Å². The smallest absolute Gasteiger partial charge is 0.303 e. The topological polar surface area (TPSA) is 89.9 Å². The monoisotopic (exact) mass is 471 g/mol. The van der Waals surface area contributed by atoms with Crippen molar-refractivity contribution in [1.82, 2.24) is 19.8 Å². The normalized spacial score (nSPS) is 21.7. The molecule has 2 atom stereocenters. The van der Waals surface area contributed by atoms with Crippen molar-refractivity contribution in [2.75, 3.05) is 50.7 Å². The summed E-state index contributed by atoms with van der Waals surface area (Å²) in [6.07, 6.45) is 5.09. The van der Waals surface area contributed by atoms with Gasteiger partial charge in [0.2, 0.25) is 0 Å². The third-order valence-corrected chi connectivity index (χ3v) is 6.96. The highest BCUT2D eigenvalue weighted by molar-refractivity contribution is 6.29. The number of carboxylic acids is 1. The minimum atomic E-state index is -0.769. The number of rotatable bonds is 7. The lowest BCUT2D eigenvalue weighted by molar-refractivity contribution is -0.139. The van der Waals surface area contributed by atoms with Gasteiger partial charge in [-0.25, -0.2) is 9.97 Å². The van der Waals surface area contributed by atoms with Crippen LogP contribution >= 0.6 is 11.6 Å². The van der Waals surface area contributed by atoms with E-state index in [0.717, 1.165) is 45.0 Å². The molecule has 8 nitrogen and oxygen atoms in total. The Morgan fingerprint density at radius 1 is 1.03 bits per heavy atom. The summed E-state index contributed by atoms with van der Waals surface area (Å²) in [4.78, 5) is 39.4. The molecule has 0 aliphatic carbocycles. The molecule has 2 aromatic rings. The van der Waals surface area contributed by atoms with Crippen LogP contribution in [0.15, 0.2) is 42.7 Å². The largest absolute Gasteiger partial charge is 0.481 e. The van der Waals surface area contributed by atoms with Gasteiger partial charge in [0.15, 0.2) is 0 Å². The lowest BCUT2D eigenvalue weighted by Gasteiger charge is -2.40. The molecule has 2 fully saturated rings. The van der Waals surface area contributed by atoms with Gasteiger partial charge in [-0.15, -0.1) is 0 Å². The Bertz CT molecular complexity index is 952. The summed E-state index contributed by atoms with van der Waals surface area (Å²) in [5.74, 6) is 0.417. The molecule has 176 valence electrons. The fourth-order valence-electron chi connectivity index (χ4n) is 4.89. The number of carboxylic acid groups (broad SMARTS) is 1. The van der Waals surface area contributed by atoms with Crippen LogP contribution in [0.5, 0.6) is 0 Å². The molecule has 1 N–H and O–H groups in total. The van der Waals surface area contributed by atoms with Gasteiger partial charge in [-0.1, -0.05) is 17.7 Å². The van der Waals surface area contributed by atoms with Crippen molar-refractivity contribution in [2.45, 2.75) is 19.3 Å². The van der Waals surface area contributed by atoms with Gasteiger partial charge in [-0.05, 0) is 55.5 Å². The van der Waals surface area contributed by atoms with Crippen LogP contribution in [0.3, 0.4) is 0 Å². The van der Waals surface area contributed by atoms with Gasteiger partial charge < -0.3 is 14.9 Å². The molecular weight excluding hydrogens is 442 g/mol. The maximum atomic E-state index is 13.0. The Morgan fingerprint density at radius 3 is 2.55 bits per heavy atom. The zero-order chi connectivity index (χ0) is 23.2. The molecule has 0 spiro atoms. The van der Waals surface area contributed by atoms with Crippen molar-refractivity contribution >= 4 is 29.3 Å². The van der Waals surface area contributed by atoms with E-state index >= 15 is 0 Å². The highest BCUT2D eigenvalue weighted by atomic mass is 35.5. The fourth-order valence-corrected chi connectivity index (χ4v) is 5.07. The number of pyridine rings is 2. The van der Waals surface area contributed by atoms with Gasteiger partial charge >= 0.3 is 5.97 Å². The van der Waals surface area contributed by atoms with Crippen molar-refractivity contribution in [3.05, 3.63) is 53.4 Å². The van der Waals surface area contributed by atoms with Crippen molar-refractivity contribution in [2.24, 2.45) is 11.8 Å². The Kier molecular flexibility index (Phi) is 7.77. The number of hydrogen-bond donors (Lipinski definition) is 1. The molecule has 0 bridgehead atoms. The SMILES string of the molecule is O=C(O)CC1CCN(C(=O)c2ccnc(Cl)c2)CC1CCN1CCN(c2ccccn2)CC1. The minimum Gasteiger partial charge on any atom is -0.481 e. The molecule has 0 aromatic carbocycles. The van der Waals surface area contributed by atoms with Gasteiger partial charge in [0.1, 0.15) is 11.0 Å². The number of aliphatic carboxylic acids is 1. The first-order chi connectivity index (χ1) is 16.0. The Balaban J connectivity index is 1.34. The Hall–Kier alpha value is -2.71. The number of carbonyl (C=O) groups is 2. The molecular formula is C24H30ClN5O3. The zero-order valence-electron chi connectivity index (χ0n) is 18.6. The molecule has 9 heteroatoms. The van der Waals surface area contributed by atoms with Crippen LogP contribution in [-0.4, -0.2) is 82.6 Å². The van der Waals surface area contributed by atoms with Crippen molar-refractivity contribution in [1.29, 1.82) is 0 Å². The van der Waals surface area contributed by atoms with Gasteiger partial charge in [0.25, 0.3) is 5.91 Å². The van der Waals surface area contributed by atoms with E-state index < -0.39 is 5.97 Å². The van der Waals surface area contributed by atoms with Crippen LogP contribution in [0.4, 0.5) is 5.82 Å². The minimum absolute atomic E-state index is 0.0675. The highest BCUT2D eigenvalue weighted by Gasteiger charge is 2.33. The predicted octanol–water partition coefficient (Wildman–Crippen LogP) is 2.90. The van der Waals surface area contributed by atoms with Crippen LogP contribution in [0, 0.1) is 11.8 Å². The van der Waals surface area contributed by atoms with E-state index in [0.29, 0.717) is 30.2 Å². The molecule has 0 radical (unpaired) electrons. The predicted molar refractivity (Wildman–Crippen MR) is 127 cm³/mol. The summed E-state index contributed by atoms with van der Waals surface area (Å²) >= 11 is 5.96. The second-order valence-electron chi connectivity index (χ2n) is 8.83. The molecule has 2 aromatic heterocycles. The first-order valence-electron chi connectivity index (χ1n) is 11.5. The molecule has 4 heterocycles. The van der Waals surface area contributed by atoms with Crippen LogP contribution in [0.1, 0.15) is 29.6 Å². The van der Waals surface area contributed by atoms with E-state index in [2.05, 4.69) is 19.8 Å². The van der Waals surface area contributed by atoms with Gasteiger partial charge in [-0.3, -0.25) is 14.5 Å². The van der Waals surface area contributed by atoms with Gasteiger partial charge in [0, 0.05) is 63.6 Å². The molecule has 1 amide bonds. The summed E-state index contributed by atoms with van der Waals surface area (Å²) in [5, 5.41) is 9.69. The second kappa shape index (κ2) is 10.9. The van der Waals surface area contributed by atoms with E-state index in [-0.39, 0.29) is 24.2 Å². The van der Waals surface area contributed by atoms with Crippen LogP contribution < -0.4 is 4.90 Å². The summed E-state index contributed by atoms with van der Waals surface area (Å²) in [6.45, 7) is 5.79. The average molecular weight is 472 g/mol. The summed E-state index contributed by atoms with van der Waals surface area (Å²) < 4.78 is 0. The fraction of sp³-hybridized carbons (Fsp3) is 0.500. The lowest BCUT2D eigenvalue weighted by atomic mass is 9.81. The van der Waals surface area contributed by atoms with Gasteiger partial charge in [0.05, 0.1) is 0 Å². The molecule has 2 aliphatic heterocycles. The molecule has 0 saturated carbocycles. The molecule has 2 aliphatic rings. The highest BCUT2D eigenvalue weighted by Crippen LogP contribution is 2.30. The van der Waals surface area contributed by atoms with Gasteiger partial charge in [-0.2, -0.15) is 0 Å². The van der Waals surface area contributed by atoms with Crippen LogP contribution in [-0.2, 0) is 4.79 Å². The molecule has 2 unspecified atom stereocenters. The number of aromatic nitrogens is 2. The molecule has 2 saturated heterocycles. The van der Waals surface area contributed by atoms with E-state index in [1.54, 1.807) is 12.1 Å². The summed E-state index contributed by atoms with van der Waals surface area (Å²) in [5.41, 5.74) is 0.524. The number of likely N-dealkylation sites (tertiary alicyclic amines) is 1. The molecule has 33 heavy (non-hydrogen) atoms. The molecule has 4 rings (SSSR count). The van der Waals surface area contributed by atoms with E-state index in [9.17, 15) is 14.7 Å². The number of amides is 1. The number of piperazine rings is 1. The summed E-state index contributed by atoms with van der Waals surface area (Å²) in [6, 6.07) is 9.23. The third-order valence-electron chi connectivity index (χ3n) is 6.75. The quantitative estimate of drug-likeness (QED) is 0.621. The number of carbonyl (C=O) groups excluding carboxylic acids is 1. The number of piperidine rings is 1. The zero-order valence-corrected chi connectivity index (χ0v) is 19.4. The summed E-state index contributed by atoms with van der Waals surface area (Å²) in [7, 11) is 0. The standard InChI is InChI=1S/C24H30ClN5O3/c25-21-15-19(4-8-26-21)24(33)30-10-6-18(16-23(31)32)20(17-30)5-9-28-11-13-29(14-12-28)22-3-1-2-7-27-22/h1-4,7-8,15,18,20H,5-6,9-14,16-17H2,(H,31,32). The van der Waals surface area contributed by atoms with Crippen LogP contribution in [0.25, 0.3) is 0 Å².